The van der Waals surface area contributed by atoms with E-state index in [-0.39, 0.29) is 17.2 Å². The second-order valence-electron chi connectivity index (χ2n) is 7.06. The van der Waals surface area contributed by atoms with Gasteiger partial charge in [-0.15, -0.1) is 0 Å². The first-order chi connectivity index (χ1) is 13.3. The highest BCUT2D eigenvalue weighted by Crippen LogP contribution is 2.22. The van der Waals surface area contributed by atoms with E-state index in [4.69, 9.17) is 11.6 Å². The lowest BCUT2D eigenvalue weighted by atomic mass is 10.1. The number of thioether (sulfide) groups is 1. The summed E-state index contributed by atoms with van der Waals surface area (Å²) in [5.41, 5.74) is 2.47. The summed E-state index contributed by atoms with van der Waals surface area (Å²) in [7, 11) is 0. The average Bonchev–Trinajstić information content (AvgIpc) is 3.02. The van der Waals surface area contributed by atoms with E-state index in [2.05, 4.69) is 29.1 Å². The van der Waals surface area contributed by atoms with Crippen LogP contribution >= 0.6 is 23.4 Å². The lowest BCUT2D eigenvalue weighted by molar-refractivity contribution is -0.113. The minimum Gasteiger partial charge on any atom is -0.353 e. The number of aryl methyl sites for hydroxylation is 1. The van der Waals surface area contributed by atoms with Crippen LogP contribution < -0.4 is 10.9 Å². The molecule has 148 valence electrons. The number of benzene rings is 1. The Labute approximate surface area is 172 Å². The van der Waals surface area contributed by atoms with Crippen LogP contribution in [0.1, 0.15) is 26.0 Å². The summed E-state index contributed by atoms with van der Waals surface area (Å²) in [6.07, 6.45) is 0.853. The number of nitrogens with one attached hydrogen (secondary N) is 2. The second-order valence-corrected chi connectivity index (χ2v) is 8.41. The number of anilines is 1. The Bertz CT molecular complexity index is 1060. The summed E-state index contributed by atoms with van der Waals surface area (Å²) in [6, 6.07) is 8.92. The molecule has 1 aromatic carbocycles. The molecule has 0 atom stereocenters. The lowest BCUT2D eigenvalue weighted by Crippen LogP contribution is -2.25. The van der Waals surface area contributed by atoms with E-state index in [1.165, 1.54) is 11.8 Å². The number of carbonyl (C=O) groups excluding carboxylic acids is 1. The molecule has 0 unspecified atom stereocenters. The van der Waals surface area contributed by atoms with Gasteiger partial charge in [-0.1, -0.05) is 49.3 Å². The van der Waals surface area contributed by atoms with Gasteiger partial charge in [-0.3, -0.25) is 14.2 Å². The Morgan fingerprint density at radius 1 is 1.36 bits per heavy atom. The lowest BCUT2D eigenvalue weighted by Gasteiger charge is -2.13. The van der Waals surface area contributed by atoms with Crippen molar-refractivity contribution in [1.82, 2.24) is 14.5 Å². The number of H-pyrrole nitrogens is 1. The third kappa shape index (κ3) is 4.77. The Morgan fingerprint density at radius 2 is 2.11 bits per heavy atom. The molecule has 3 rings (SSSR count). The zero-order valence-electron chi connectivity index (χ0n) is 16.1. The highest BCUT2D eigenvalue weighted by molar-refractivity contribution is 7.99. The molecule has 6 nitrogen and oxygen atoms in total. The molecule has 0 aliphatic rings. The van der Waals surface area contributed by atoms with Crippen molar-refractivity contribution >= 4 is 46.0 Å². The third-order valence-electron chi connectivity index (χ3n) is 4.25. The molecule has 0 radical (unpaired) electrons. The number of aromatic nitrogens is 3. The SMILES string of the molecule is Cc1cc2nc(SCC(=O)Nc3ccccc3Cl)n(CCC(C)C)c(=O)c2[nH]1. The number of aromatic amines is 1. The molecule has 2 heterocycles. The van der Waals surface area contributed by atoms with Crippen LogP contribution in [0.25, 0.3) is 11.0 Å². The van der Waals surface area contributed by atoms with Gasteiger partial charge in [0.05, 0.1) is 22.0 Å². The minimum absolute atomic E-state index is 0.104. The maximum atomic E-state index is 12.9. The molecular weight excluding hydrogens is 396 g/mol. The molecule has 3 aromatic rings. The number of rotatable bonds is 7. The van der Waals surface area contributed by atoms with Crippen LogP contribution in [0.3, 0.4) is 0 Å². The van der Waals surface area contributed by atoms with Crippen molar-refractivity contribution in [1.29, 1.82) is 0 Å². The van der Waals surface area contributed by atoms with Crippen LogP contribution in [-0.2, 0) is 11.3 Å². The molecule has 8 heteroatoms. The van der Waals surface area contributed by atoms with Crippen molar-refractivity contribution in [2.75, 3.05) is 11.1 Å². The van der Waals surface area contributed by atoms with Crippen LogP contribution in [0.2, 0.25) is 5.02 Å². The van der Waals surface area contributed by atoms with E-state index >= 15 is 0 Å². The van der Waals surface area contributed by atoms with Gasteiger partial charge in [-0.25, -0.2) is 4.98 Å². The summed E-state index contributed by atoms with van der Waals surface area (Å²) >= 11 is 7.34. The maximum Gasteiger partial charge on any atom is 0.278 e. The number of hydrogen-bond acceptors (Lipinski definition) is 4. The van der Waals surface area contributed by atoms with E-state index in [1.54, 1.807) is 22.8 Å². The zero-order chi connectivity index (χ0) is 20.3. The van der Waals surface area contributed by atoms with Gasteiger partial charge in [0, 0.05) is 12.2 Å². The largest absolute Gasteiger partial charge is 0.353 e. The van der Waals surface area contributed by atoms with Gasteiger partial charge in [0.1, 0.15) is 5.52 Å². The Morgan fingerprint density at radius 3 is 2.82 bits per heavy atom. The fourth-order valence-electron chi connectivity index (χ4n) is 2.78. The van der Waals surface area contributed by atoms with Gasteiger partial charge in [0.15, 0.2) is 5.16 Å². The minimum atomic E-state index is -0.201. The van der Waals surface area contributed by atoms with Gasteiger partial charge in [-0.05, 0) is 37.5 Å². The van der Waals surface area contributed by atoms with E-state index in [0.29, 0.717) is 39.4 Å². The number of hydrogen-bond donors (Lipinski definition) is 2. The zero-order valence-corrected chi connectivity index (χ0v) is 17.7. The van der Waals surface area contributed by atoms with Crippen LogP contribution in [0.15, 0.2) is 40.3 Å². The van der Waals surface area contributed by atoms with Crippen molar-refractivity contribution in [3.05, 3.63) is 51.4 Å². The van der Waals surface area contributed by atoms with E-state index < -0.39 is 0 Å². The standard InChI is InChI=1S/C20H23ClN4O2S/c1-12(2)8-9-25-19(27)18-16(10-13(3)22-18)24-20(25)28-11-17(26)23-15-7-5-4-6-14(15)21/h4-7,10,12,22H,8-9,11H2,1-3H3,(H,23,26). The molecule has 0 aliphatic carbocycles. The van der Waals surface area contributed by atoms with Crippen molar-refractivity contribution in [2.24, 2.45) is 5.92 Å². The fourth-order valence-corrected chi connectivity index (χ4v) is 3.79. The van der Waals surface area contributed by atoms with Crippen molar-refractivity contribution in [3.63, 3.8) is 0 Å². The van der Waals surface area contributed by atoms with Crippen molar-refractivity contribution < 1.29 is 4.79 Å². The van der Waals surface area contributed by atoms with Crippen LogP contribution in [-0.4, -0.2) is 26.2 Å². The smallest absolute Gasteiger partial charge is 0.278 e. The fraction of sp³-hybridized carbons (Fsp3) is 0.350. The Balaban J connectivity index is 1.82. The first kappa shape index (κ1) is 20.5. The van der Waals surface area contributed by atoms with E-state index in [1.807, 2.05) is 19.1 Å². The van der Waals surface area contributed by atoms with Gasteiger partial charge < -0.3 is 10.3 Å². The number of halogens is 1. The third-order valence-corrected chi connectivity index (χ3v) is 5.55. The summed E-state index contributed by atoms with van der Waals surface area (Å²) in [5, 5.41) is 3.82. The number of nitrogens with zero attached hydrogens (tertiary/aromatic N) is 2. The molecule has 0 bridgehead atoms. The number of carbonyl (C=O) groups is 1. The normalized spacial score (nSPS) is 11.3. The topological polar surface area (TPSA) is 79.8 Å². The number of fused-ring (bicyclic) bond motifs is 1. The Hall–Kier alpha value is -2.25. The molecule has 0 saturated heterocycles. The van der Waals surface area contributed by atoms with E-state index in [0.717, 1.165) is 12.1 Å². The van der Waals surface area contributed by atoms with Gasteiger partial charge in [-0.2, -0.15) is 0 Å². The maximum absolute atomic E-state index is 12.9. The summed E-state index contributed by atoms with van der Waals surface area (Å²) < 4.78 is 1.66. The van der Waals surface area contributed by atoms with Gasteiger partial charge in [0.25, 0.3) is 5.56 Å². The van der Waals surface area contributed by atoms with Gasteiger partial charge >= 0.3 is 0 Å². The molecule has 1 amide bonds. The highest BCUT2D eigenvalue weighted by atomic mass is 35.5. The van der Waals surface area contributed by atoms with Crippen LogP contribution in [0, 0.1) is 12.8 Å². The summed E-state index contributed by atoms with van der Waals surface area (Å²) in [5.74, 6) is 0.385. The predicted molar refractivity (Wildman–Crippen MR) is 115 cm³/mol. The van der Waals surface area contributed by atoms with Crippen molar-refractivity contribution in [3.8, 4) is 0 Å². The number of para-hydroxylation sites is 1. The molecule has 0 spiro atoms. The average molecular weight is 419 g/mol. The second kappa shape index (κ2) is 8.84. The first-order valence-corrected chi connectivity index (χ1v) is 10.5. The molecule has 2 N–H and O–H groups in total. The van der Waals surface area contributed by atoms with Crippen LogP contribution in [0.5, 0.6) is 0 Å². The van der Waals surface area contributed by atoms with E-state index in [9.17, 15) is 9.59 Å². The predicted octanol–water partition coefficient (Wildman–Crippen LogP) is 4.46. The molecule has 0 saturated carbocycles. The summed E-state index contributed by atoms with van der Waals surface area (Å²) in [6.45, 7) is 6.68. The molecule has 0 fully saturated rings. The molecule has 2 aromatic heterocycles. The molecule has 28 heavy (non-hydrogen) atoms. The summed E-state index contributed by atoms with van der Waals surface area (Å²) in [4.78, 5) is 33.0. The number of amides is 1. The Kier molecular flexibility index (Phi) is 6.46. The first-order valence-electron chi connectivity index (χ1n) is 9.12. The van der Waals surface area contributed by atoms with Crippen molar-refractivity contribution in [2.45, 2.75) is 38.9 Å². The van der Waals surface area contributed by atoms with Crippen LogP contribution in [0.4, 0.5) is 5.69 Å². The molecule has 0 aliphatic heterocycles. The monoisotopic (exact) mass is 418 g/mol. The quantitative estimate of drug-likeness (QED) is 0.438. The highest BCUT2D eigenvalue weighted by Gasteiger charge is 2.15. The molecular formula is C20H23ClN4O2S. The van der Waals surface area contributed by atoms with Gasteiger partial charge in [0.2, 0.25) is 5.91 Å².